The zero-order valence-electron chi connectivity index (χ0n) is 10.1. The second-order valence-electron chi connectivity index (χ2n) is 4.29. The van der Waals surface area contributed by atoms with E-state index in [2.05, 4.69) is 33.2 Å². The van der Waals surface area contributed by atoms with Crippen LogP contribution in [-0.4, -0.2) is 30.0 Å². The number of amides is 1. The van der Waals surface area contributed by atoms with E-state index < -0.39 is 0 Å². The number of hydrogen-bond acceptors (Lipinski definition) is 3. The van der Waals surface area contributed by atoms with Crippen molar-refractivity contribution in [1.82, 2.24) is 5.32 Å². The Morgan fingerprint density at radius 1 is 1.39 bits per heavy atom. The smallest absolute Gasteiger partial charge is 0.234 e. The van der Waals surface area contributed by atoms with Crippen LogP contribution in [0.15, 0.2) is 24.3 Å². The van der Waals surface area contributed by atoms with Crippen LogP contribution in [0.25, 0.3) is 0 Å². The second-order valence-corrected chi connectivity index (χ2v) is 6.74. The molecule has 1 amide bonds. The van der Waals surface area contributed by atoms with E-state index in [4.69, 9.17) is 0 Å². The number of rotatable bonds is 4. The van der Waals surface area contributed by atoms with Crippen LogP contribution in [0.3, 0.4) is 0 Å². The monoisotopic (exact) mass is 376 g/mol. The molecule has 0 atom stereocenters. The Balaban J connectivity index is 1.76. The van der Waals surface area contributed by atoms with Crippen molar-refractivity contribution in [3.8, 4) is 0 Å². The Hall–Kier alpha value is -0.270. The van der Waals surface area contributed by atoms with Gasteiger partial charge >= 0.3 is 0 Å². The van der Waals surface area contributed by atoms with Crippen molar-refractivity contribution in [2.75, 3.05) is 24.2 Å². The first kappa shape index (κ1) is 14.1. The van der Waals surface area contributed by atoms with E-state index in [0.717, 1.165) is 22.3 Å². The van der Waals surface area contributed by atoms with Gasteiger partial charge in [-0.1, -0.05) is 12.1 Å². The van der Waals surface area contributed by atoms with Crippen molar-refractivity contribution in [3.63, 3.8) is 0 Å². The summed E-state index contributed by atoms with van der Waals surface area (Å²) in [5.41, 5.74) is 0.911. The summed E-state index contributed by atoms with van der Waals surface area (Å²) in [5, 5.41) is 6.93. The van der Waals surface area contributed by atoms with Crippen molar-refractivity contribution in [2.45, 2.75) is 18.1 Å². The average Bonchev–Trinajstić information content (AvgIpc) is 2.40. The van der Waals surface area contributed by atoms with E-state index in [9.17, 15) is 4.79 Å². The molecule has 1 aliphatic rings. The zero-order chi connectivity index (χ0) is 12.8. The predicted octanol–water partition coefficient (Wildman–Crippen LogP) is 2.71. The van der Waals surface area contributed by atoms with E-state index >= 15 is 0 Å². The van der Waals surface area contributed by atoms with Gasteiger partial charge in [0, 0.05) is 8.82 Å². The van der Waals surface area contributed by atoms with Crippen molar-refractivity contribution >= 4 is 45.9 Å². The molecule has 3 nitrogen and oxygen atoms in total. The molecule has 0 bridgehead atoms. The summed E-state index contributed by atoms with van der Waals surface area (Å²) in [6, 6.07) is 7.85. The van der Waals surface area contributed by atoms with Crippen molar-refractivity contribution < 1.29 is 4.79 Å². The fraction of sp³-hybridized carbons (Fsp3) is 0.462. The summed E-state index contributed by atoms with van der Waals surface area (Å²) in [7, 11) is 0. The highest BCUT2D eigenvalue weighted by atomic mass is 127. The molecule has 0 unspecified atom stereocenters. The van der Waals surface area contributed by atoms with Gasteiger partial charge in [-0.3, -0.25) is 4.79 Å². The molecule has 0 aromatic heterocycles. The molecule has 98 valence electrons. The summed E-state index contributed by atoms with van der Waals surface area (Å²) in [4.78, 5) is 11.9. The minimum absolute atomic E-state index is 0.0997. The molecule has 2 N–H and O–H groups in total. The number of carbonyl (C=O) groups is 1. The molecule has 0 saturated carbocycles. The molecule has 2 rings (SSSR count). The van der Waals surface area contributed by atoms with Crippen LogP contribution in [0.4, 0.5) is 5.69 Å². The molecule has 0 radical (unpaired) electrons. The van der Waals surface area contributed by atoms with E-state index in [1.165, 1.54) is 12.8 Å². The summed E-state index contributed by atoms with van der Waals surface area (Å²) >= 11 is 4.01. The fourth-order valence-electron chi connectivity index (χ4n) is 1.90. The standard InChI is InChI=1S/C13H17IN2OS/c14-11-3-1-2-4-12(11)16-13(17)9-18-10-5-7-15-8-6-10/h1-4,10,15H,5-9H2,(H,16,17). The fourth-order valence-corrected chi connectivity index (χ4v) is 3.46. The lowest BCUT2D eigenvalue weighted by Gasteiger charge is -2.21. The molecule has 1 aliphatic heterocycles. The van der Waals surface area contributed by atoms with Crippen molar-refractivity contribution in [2.24, 2.45) is 0 Å². The van der Waals surface area contributed by atoms with Gasteiger partial charge in [-0.15, -0.1) is 11.8 Å². The third-order valence-electron chi connectivity index (χ3n) is 2.88. The zero-order valence-corrected chi connectivity index (χ0v) is 13.1. The first-order valence-electron chi connectivity index (χ1n) is 6.12. The number of piperidine rings is 1. The van der Waals surface area contributed by atoms with Crippen LogP contribution >= 0.6 is 34.4 Å². The highest BCUT2D eigenvalue weighted by Crippen LogP contribution is 2.21. The molecule has 0 spiro atoms. The van der Waals surface area contributed by atoms with Crippen LogP contribution < -0.4 is 10.6 Å². The summed E-state index contributed by atoms with van der Waals surface area (Å²) in [6.45, 7) is 2.16. The molecule has 1 saturated heterocycles. The van der Waals surface area contributed by atoms with E-state index in [0.29, 0.717) is 11.0 Å². The highest BCUT2D eigenvalue weighted by molar-refractivity contribution is 14.1. The topological polar surface area (TPSA) is 41.1 Å². The lowest BCUT2D eigenvalue weighted by atomic mass is 10.2. The van der Waals surface area contributed by atoms with Gasteiger partial charge in [-0.05, 0) is 60.7 Å². The number of hydrogen-bond donors (Lipinski definition) is 2. The van der Waals surface area contributed by atoms with E-state index in [1.807, 2.05) is 24.3 Å². The lowest BCUT2D eigenvalue weighted by Crippen LogP contribution is -2.30. The molecule has 1 heterocycles. The molecule has 1 aromatic carbocycles. The maximum atomic E-state index is 11.9. The second kappa shape index (κ2) is 7.35. The Kier molecular flexibility index (Phi) is 5.78. The van der Waals surface area contributed by atoms with Gasteiger partial charge in [0.1, 0.15) is 0 Å². The average molecular weight is 376 g/mol. The summed E-state index contributed by atoms with van der Waals surface area (Å²) in [5.74, 6) is 0.651. The minimum Gasteiger partial charge on any atom is -0.324 e. The first-order chi connectivity index (χ1) is 8.75. The number of para-hydroxylation sites is 1. The third kappa shape index (κ3) is 4.44. The van der Waals surface area contributed by atoms with Gasteiger partial charge < -0.3 is 10.6 Å². The van der Waals surface area contributed by atoms with Gasteiger partial charge in [0.05, 0.1) is 11.4 Å². The van der Waals surface area contributed by atoms with Gasteiger partial charge in [0.25, 0.3) is 0 Å². The molecule has 18 heavy (non-hydrogen) atoms. The molecular weight excluding hydrogens is 359 g/mol. The lowest BCUT2D eigenvalue weighted by molar-refractivity contribution is -0.113. The number of carbonyl (C=O) groups excluding carboxylic acids is 1. The van der Waals surface area contributed by atoms with Gasteiger partial charge in [0.2, 0.25) is 5.91 Å². The molecule has 1 aromatic rings. The number of anilines is 1. The highest BCUT2D eigenvalue weighted by Gasteiger charge is 2.15. The Morgan fingerprint density at radius 2 is 2.11 bits per heavy atom. The normalized spacial score (nSPS) is 16.5. The number of benzene rings is 1. The van der Waals surface area contributed by atoms with Crippen LogP contribution in [0.5, 0.6) is 0 Å². The van der Waals surface area contributed by atoms with Crippen molar-refractivity contribution in [3.05, 3.63) is 27.8 Å². The van der Waals surface area contributed by atoms with Gasteiger partial charge in [0.15, 0.2) is 0 Å². The molecular formula is C13H17IN2OS. The van der Waals surface area contributed by atoms with Crippen LogP contribution in [0, 0.1) is 3.57 Å². The number of nitrogens with one attached hydrogen (secondary N) is 2. The van der Waals surface area contributed by atoms with E-state index in [-0.39, 0.29) is 5.91 Å². The first-order valence-corrected chi connectivity index (χ1v) is 8.25. The van der Waals surface area contributed by atoms with Crippen LogP contribution in [0.1, 0.15) is 12.8 Å². The Labute approximate surface area is 126 Å². The minimum atomic E-state index is 0.0997. The maximum Gasteiger partial charge on any atom is 0.234 e. The van der Waals surface area contributed by atoms with Gasteiger partial charge in [-0.2, -0.15) is 0 Å². The molecule has 5 heteroatoms. The maximum absolute atomic E-state index is 11.9. The van der Waals surface area contributed by atoms with Crippen LogP contribution in [-0.2, 0) is 4.79 Å². The van der Waals surface area contributed by atoms with E-state index in [1.54, 1.807) is 11.8 Å². The third-order valence-corrected chi connectivity index (χ3v) is 5.20. The Morgan fingerprint density at radius 3 is 2.83 bits per heavy atom. The van der Waals surface area contributed by atoms with Crippen LogP contribution in [0.2, 0.25) is 0 Å². The number of halogens is 1. The summed E-state index contributed by atoms with van der Waals surface area (Å²) in [6.07, 6.45) is 2.33. The Bertz CT molecular complexity index is 408. The van der Waals surface area contributed by atoms with Crippen molar-refractivity contribution in [1.29, 1.82) is 0 Å². The van der Waals surface area contributed by atoms with Gasteiger partial charge in [-0.25, -0.2) is 0 Å². The SMILES string of the molecule is O=C(CSC1CCNCC1)Nc1ccccc1I. The largest absolute Gasteiger partial charge is 0.324 e. The predicted molar refractivity (Wildman–Crippen MR) is 86.1 cm³/mol. The quantitative estimate of drug-likeness (QED) is 0.795. The molecule has 0 aliphatic carbocycles. The number of thioether (sulfide) groups is 1. The molecule has 1 fully saturated rings. The summed E-state index contributed by atoms with van der Waals surface area (Å²) < 4.78 is 1.08.